The number of para-hydroxylation sites is 2. The molecule has 2 aromatic heterocycles. The van der Waals surface area contributed by atoms with Crippen molar-refractivity contribution in [1.82, 2.24) is 9.38 Å². The molecule has 0 spiro atoms. The second kappa shape index (κ2) is 8.29. The smallest absolute Gasteiger partial charge is 0.399 e. The van der Waals surface area contributed by atoms with Gasteiger partial charge >= 0.3 is 7.12 Å². The van der Waals surface area contributed by atoms with Crippen molar-refractivity contribution in [2.75, 3.05) is 0 Å². The lowest BCUT2D eigenvalue weighted by atomic mass is 9.78. The molecule has 0 bridgehead atoms. The molecule has 0 atom stereocenters. The summed E-state index contributed by atoms with van der Waals surface area (Å²) in [6, 6.07) is 28.7. The number of nitrogens with zero attached hydrogens (tertiary/aromatic N) is 2. The van der Waals surface area contributed by atoms with Crippen LogP contribution < -0.4 is 5.46 Å². The van der Waals surface area contributed by atoms with Crippen molar-refractivity contribution in [3.8, 4) is 11.1 Å². The number of rotatable bonds is 2. The van der Waals surface area contributed by atoms with E-state index < -0.39 is 18.3 Å². The highest BCUT2D eigenvalue weighted by Crippen LogP contribution is 2.38. The number of imidazole rings is 1. The fraction of sp³-hybridized carbons (Fsp3) is 0.229. The van der Waals surface area contributed by atoms with Gasteiger partial charge in [-0.1, -0.05) is 60.7 Å². The molecule has 8 rings (SSSR count). The Kier molecular flexibility index (Phi) is 4.96. The Morgan fingerprint density at radius 3 is 2.38 bits per heavy atom. The molecular weight excluding hydrogens is 491 g/mol. The number of fused-ring (bicyclic) bond motifs is 9. The molecule has 0 unspecified atom stereocenters. The van der Waals surface area contributed by atoms with Crippen LogP contribution >= 0.6 is 0 Å². The highest BCUT2D eigenvalue weighted by Gasteiger charge is 2.51. The van der Waals surface area contributed by atoms with Crippen LogP contribution in [0.25, 0.3) is 55.6 Å². The Morgan fingerprint density at radius 2 is 1.52 bits per heavy atom. The zero-order valence-electron chi connectivity index (χ0n) is 23.4. The maximum atomic E-state index is 6.45. The van der Waals surface area contributed by atoms with Gasteiger partial charge in [0, 0.05) is 10.8 Å². The first kappa shape index (κ1) is 23.9. The molecule has 6 aromatic rings. The van der Waals surface area contributed by atoms with Crippen LogP contribution in [0.1, 0.15) is 45.2 Å². The van der Waals surface area contributed by atoms with Crippen molar-refractivity contribution in [2.24, 2.45) is 0 Å². The summed E-state index contributed by atoms with van der Waals surface area (Å²) in [5.41, 5.74) is 9.68. The van der Waals surface area contributed by atoms with Gasteiger partial charge in [0.25, 0.3) is 0 Å². The summed E-state index contributed by atoms with van der Waals surface area (Å²) >= 11 is 0. The van der Waals surface area contributed by atoms with Crippen LogP contribution in [0.2, 0.25) is 0 Å². The van der Waals surface area contributed by atoms with E-state index in [1.807, 2.05) is 0 Å². The zero-order chi connectivity index (χ0) is 27.2. The van der Waals surface area contributed by atoms with Gasteiger partial charge in [-0.2, -0.15) is 0 Å². The molecule has 5 heteroatoms. The molecule has 0 radical (unpaired) electrons. The van der Waals surface area contributed by atoms with Gasteiger partial charge in [0.1, 0.15) is 5.65 Å². The van der Waals surface area contributed by atoms with Crippen LogP contribution in [-0.4, -0.2) is 27.7 Å². The Bertz CT molecular complexity index is 2020. The number of benzene rings is 4. The van der Waals surface area contributed by atoms with E-state index in [4.69, 9.17) is 14.3 Å². The monoisotopic (exact) mass is 522 g/mol. The van der Waals surface area contributed by atoms with Crippen molar-refractivity contribution >= 4 is 57.0 Å². The summed E-state index contributed by atoms with van der Waals surface area (Å²) in [5.74, 6) is 0. The predicted molar refractivity (Wildman–Crippen MR) is 166 cm³/mol. The van der Waals surface area contributed by atoms with Crippen molar-refractivity contribution in [3.63, 3.8) is 0 Å². The molecule has 1 saturated heterocycles. The van der Waals surface area contributed by atoms with Gasteiger partial charge in [-0.05, 0) is 104 Å². The highest BCUT2D eigenvalue weighted by molar-refractivity contribution is 6.62. The maximum Gasteiger partial charge on any atom is 0.494 e. The van der Waals surface area contributed by atoms with Crippen LogP contribution in [0.5, 0.6) is 0 Å². The first-order chi connectivity index (χ1) is 19.3. The lowest BCUT2D eigenvalue weighted by Crippen LogP contribution is -2.41. The van der Waals surface area contributed by atoms with Crippen molar-refractivity contribution in [1.29, 1.82) is 0 Å². The Hall–Kier alpha value is -3.93. The minimum absolute atomic E-state index is 0.395. The minimum atomic E-state index is -0.420. The van der Waals surface area contributed by atoms with E-state index in [1.54, 1.807) is 0 Å². The number of hydrogen-bond acceptors (Lipinski definition) is 3. The van der Waals surface area contributed by atoms with Crippen molar-refractivity contribution in [2.45, 2.75) is 51.7 Å². The molecule has 0 N–H and O–H groups in total. The molecular formula is C35H31BN2O2. The number of aryl methyl sites for hydroxylation is 1. The van der Waals surface area contributed by atoms with Crippen LogP contribution in [0.4, 0.5) is 0 Å². The fourth-order valence-corrected chi connectivity index (χ4v) is 6.30. The lowest BCUT2D eigenvalue weighted by molar-refractivity contribution is 0.00578. The summed E-state index contributed by atoms with van der Waals surface area (Å²) < 4.78 is 15.2. The highest BCUT2D eigenvalue weighted by atomic mass is 16.7. The van der Waals surface area contributed by atoms with Gasteiger partial charge in [0.2, 0.25) is 0 Å². The second-order valence-corrected chi connectivity index (χ2v) is 12.2. The number of allylic oxidation sites excluding steroid dienone is 1. The number of aromatic nitrogens is 2. The van der Waals surface area contributed by atoms with Crippen LogP contribution in [-0.2, 0) is 15.7 Å². The number of hydrogen-bond donors (Lipinski definition) is 0. The Morgan fingerprint density at radius 1 is 0.750 bits per heavy atom. The lowest BCUT2D eigenvalue weighted by Gasteiger charge is -2.32. The van der Waals surface area contributed by atoms with Gasteiger partial charge in [0.15, 0.2) is 0 Å². The number of pyridine rings is 1. The molecule has 1 fully saturated rings. The molecule has 4 aromatic carbocycles. The van der Waals surface area contributed by atoms with Crippen LogP contribution in [0.3, 0.4) is 0 Å². The van der Waals surface area contributed by atoms with Crippen LogP contribution in [0, 0.1) is 0 Å². The summed E-state index contributed by atoms with van der Waals surface area (Å²) in [6.07, 6.45) is 6.70. The van der Waals surface area contributed by atoms with Gasteiger partial charge < -0.3 is 9.31 Å². The summed E-state index contributed by atoms with van der Waals surface area (Å²) in [4.78, 5) is 5.10. The third kappa shape index (κ3) is 3.44. The Balaban J connectivity index is 1.40. The minimum Gasteiger partial charge on any atom is -0.399 e. The summed E-state index contributed by atoms with van der Waals surface area (Å²) in [5, 5.41) is 3.49. The van der Waals surface area contributed by atoms with E-state index in [1.165, 1.54) is 33.0 Å². The topological polar surface area (TPSA) is 35.8 Å². The second-order valence-electron chi connectivity index (χ2n) is 12.2. The molecule has 0 amide bonds. The van der Waals surface area contributed by atoms with Gasteiger partial charge in [-0.25, -0.2) is 4.98 Å². The van der Waals surface area contributed by atoms with E-state index in [2.05, 4.69) is 123 Å². The van der Waals surface area contributed by atoms with E-state index >= 15 is 0 Å². The molecule has 1 aliphatic heterocycles. The standard InChI is InChI=1S/C35H31BN2O2/c1-34(2)35(3,4)40-36(39-34)26-16-18-31-29(21-26)28-20-25(24-14-13-22-9-5-6-10-23(22)19-24)15-17-27(28)33-37-30-11-7-8-12-32(30)38(31)33/h5,7-9,11-21H,6,10H2,1-4H3. The zero-order valence-corrected chi connectivity index (χ0v) is 23.4. The average molecular weight is 522 g/mol. The van der Waals surface area contributed by atoms with Crippen molar-refractivity contribution in [3.05, 3.63) is 96.1 Å². The van der Waals surface area contributed by atoms with E-state index in [9.17, 15) is 0 Å². The molecule has 2 aliphatic rings. The summed E-state index contributed by atoms with van der Waals surface area (Å²) in [7, 11) is -0.420. The fourth-order valence-electron chi connectivity index (χ4n) is 6.30. The largest absolute Gasteiger partial charge is 0.494 e. The maximum absolute atomic E-state index is 6.45. The molecule has 40 heavy (non-hydrogen) atoms. The third-order valence-corrected chi connectivity index (χ3v) is 9.25. The average Bonchev–Trinajstić information content (AvgIpc) is 3.46. The van der Waals surface area contributed by atoms with Crippen LogP contribution in [0.15, 0.2) is 84.9 Å². The molecule has 4 nitrogen and oxygen atoms in total. The Labute approximate surface area is 234 Å². The molecule has 0 saturated carbocycles. The molecule has 196 valence electrons. The third-order valence-electron chi connectivity index (χ3n) is 9.25. The normalized spacial score (nSPS) is 17.9. The summed E-state index contributed by atoms with van der Waals surface area (Å²) in [6.45, 7) is 8.41. The van der Waals surface area contributed by atoms with Gasteiger partial charge in [0.05, 0.1) is 27.8 Å². The SMILES string of the molecule is CC1(C)OB(c2ccc3c(c2)c2cc(-c4ccc5c(c4)CCC=C5)ccc2c2nc4ccccc4n32)OC1(C)C. The predicted octanol–water partition coefficient (Wildman–Crippen LogP) is 7.72. The first-order valence-corrected chi connectivity index (χ1v) is 14.2. The van der Waals surface area contributed by atoms with E-state index in [-0.39, 0.29) is 0 Å². The first-order valence-electron chi connectivity index (χ1n) is 14.2. The van der Waals surface area contributed by atoms with Gasteiger partial charge in [-0.15, -0.1) is 0 Å². The van der Waals surface area contributed by atoms with Crippen molar-refractivity contribution < 1.29 is 9.31 Å². The van der Waals surface area contributed by atoms with Gasteiger partial charge in [-0.3, -0.25) is 4.40 Å². The van der Waals surface area contributed by atoms with E-state index in [0.29, 0.717) is 0 Å². The molecule has 3 heterocycles. The van der Waals surface area contributed by atoms with E-state index in [0.717, 1.165) is 45.9 Å². The quantitative estimate of drug-likeness (QED) is 0.173. The molecule has 1 aliphatic carbocycles.